The molecule has 3 nitrogen and oxygen atoms in total. The molecule has 0 bridgehead atoms. The Bertz CT molecular complexity index is 467. The first-order valence-electron chi connectivity index (χ1n) is 6.75. The minimum absolute atomic E-state index is 0.0882. The highest BCUT2D eigenvalue weighted by Crippen LogP contribution is 2.30. The number of hydrogen-bond acceptors (Lipinski definition) is 2. The quantitative estimate of drug-likeness (QED) is 0.835. The van der Waals surface area contributed by atoms with E-state index in [1.54, 1.807) is 25.1 Å². The molecule has 19 heavy (non-hydrogen) atoms. The molecule has 1 aromatic rings. The Morgan fingerprint density at radius 1 is 1.37 bits per heavy atom. The molecular weight excluding hydrogens is 306 g/mol. The second-order valence-corrected chi connectivity index (χ2v) is 5.94. The molecule has 1 aliphatic rings. The number of phenolic OH excluding ortho intramolecular Hbond substituents is 1. The number of amides is 1. The summed E-state index contributed by atoms with van der Waals surface area (Å²) in [5.41, 5.74) is 1.07. The fourth-order valence-corrected chi connectivity index (χ4v) is 3.40. The highest BCUT2D eigenvalue weighted by atomic mass is 79.9. The van der Waals surface area contributed by atoms with E-state index in [-0.39, 0.29) is 17.2 Å². The van der Waals surface area contributed by atoms with Crippen molar-refractivity contribution in [2.24, 2.45) is 0 Å². The van der Waals surface area contributed by atoms with Crippen molar-refractivity contribution in [2.45, 2.75) is 44.6 Å². The molecule has 0 aliphatic heterocycles. The van der Waals surface area contributed by atoms with Crippen molar-refractivity contribution in [3.63, 3.8) is 0 Å². The van der Waals surface area contributed by atoms with Crippen LogP contribution in [0.25, 0.3) is 0 Å². The first-order valence-corrected chi connectivity index (χ1v) is 7.87. The highest BCUT2D eigenvalue weighted by molar-refractivity contribution is 9.09. The van der Waals surface area contributed by atoms with Crippen molar-refractivity contribution in [1.82, 2.24) is 5.32 Å². The van der Waals surface area contributed by atoms with Crippen LogP contribution in [0.1, 0.15) is 48.0 Å². The van der Waals surface area contributed by atoms with Gasteiger partial charge in [0.05, 0.1) is 5.54 Å². The van der Waals surface area contributed by atoms with Gasteiger partial charge in [0.25, 0.3) is 5.91 Å². The molecule has 2 rings (SSSR count). The number of hydrogen-bond donors (Lipinski definition) is 2. The predicted molar refractivity (Wildman–Crippen MR) is 79.9 cm³/mol. The lowest BCUT2D eigenvalue weighted by Gasteiger charge is -2.36. The zero-order chi connectivity index (χ0) is 13.9. The average Bonchev–Trinajstić information content (AvgIpc) is 2.42. The van der Waals surface area contributed by atoms with Gasteiger partial charge >= 0.3 is 0 Å². The van der Waals surface area contributed by atoms with Crippen LogP contribution in [0.15, 0.2) is 18.2 Å². The van der Waals surface area contributed by atoms with Gasteiger partial charge in [-0.05, 0) is 31.9 Å². The lowest BCUT2D eigenvalue weighted by Crippen LogP contribution is -2.51. The Morgan fingerprint density at radius 3 is 2.68 bits per heavy atom. The van der Waals surface area contributed by atoms with Gasteiger partial charge in [0, 0.05) is 16.5 Å². The third-order valence-electron chi connectivity index (χ3n) is 3.99. The molecule has 104 valence electrons. The van der Waals surface area contributed by atoms with Crippen LogP contribution in [0.5, 0.6) is 5.75 Å². The van der Waals surface area contributed by atoms with Gasteiger partial charge < -0.3 is 10.4 Å². The lowest BCUT2D eigenvalue weighted by atomic mass is 9.83. The summed E-state index contributed by atoms with van der Waals surface area (Å²) in [7, 11) is 0. The molecule has 0 aromatic heterocycles. The van der Waals surface area contributed by atoms with Crippen LogP contribution in [0.4, 0.5) is 0 Å². The van der Waals surface area contributed by atoms with Crippen LogP contribution in [0, 0.1) is 6.92 Å². The van der Waals surface area contributed by atoms with E-state index in [1.165, 1.54) is 6.42 Å². The number of carbonyl (C=O) groups excluding carboxylic acids is 1. The summed E-state index contributed by atoms with van der Waals surface area (Å²) >= 11 is 3.54. The molecule has 1 aromatic carbocycles. The summed E-state index contributed by atoms with van der Waals surface area (Å²) in [6.45, 7) is 1.77. The van der Waals surface area contributed by atoms with Crippen molar-refractivity contribution in [1.29, 1.82) is 0 Å². The average molecular weight is 326 g/mol. The third kappa shape index (κ3) is 3.11. The summed E-state index contributed by atoms with van der Waals surface area (Å²) in [6, 6.07) is 5.07. The summed E-state index contributed by atoms with van der Waals surface area (Å²) in [5, 5.41) is 13.6. The number of rotatable bonds is 3. The monoisotopic (exact) mass is 325 g/mol. The smallest absolute Gasteiger partial charge is 0.252 e. The van der Waals surface area contributed by atoms with Gasteiger partial charge in [-0.2, -0.15) is 0 Å². The Kier molecular flexibility index (Phi) is 4.50. The van der Waals surface area contributed by atoms with Gasteiger partial charge in [-0.3, -0.25) is 4.79 Å². The van der Waals surface area contributed by atoms with E-state index in [0.717, 1.165) is 31.0 Å². The van der Waals surface area contributed by atoms with E-state index in [0.29, 0.717) is 11.1 Å². The number of benzene rings is 1. The maximum absolute atomic E-state index is 12.4. The van der Waals surface area contributed by atoms with Gasteiger partial charge in [0.2, 0.25) is 0 Å². The molecule has 0 spiro atoms. The number of halogens is 1. The number of alkyl halides is 1. The van der Waals surface area contributed by atoms with E-state index in [1.807, 2.05) is 0 Å². The highest BCUT2D eigenvalue weighted by Gasteiger charge is 2.33. The summed E-state index contributed by atoms with van der Waals surface area (Å²) < 4.78 is 0. The molecule has 0 saturated heterocycles. The van der Waals surface area contributed by atoms with Gasteiger partial charge in [-0.1, -0.05) is 41.3 Å². The zero-order valence-electron chi connectivity index (χ0n) is 11.2. The maximum atomic E-state index is 12.4. The van der Waals surface area contributed by atoms with Gasteiger partial charge in [-0.25, -0.2) is 0 Å². The summed E-state index contributed by atoms with van der Waals surface area (Å²) in [5.74, 6) is 0.0823. The van der Waals surface area contributed by atoms with E-state index < -0.39 is 0 Å². The minimum atomic E-state index is -0.132. The van der Waals surface area contributed by atoms with Gasteiger partial charge in [0.15, 0.2) is 0 Å². The van der Waals surface area contributed by atoms with E-state index in [9.17, 15) is 9.90 Å². The molecule has 0 unspecified atom stereocenters. The normalized spacial score (nSPS) is 18.0. The van der Waals surface area contributed by atoms with Crippen molar-refractivity contribution in [2.75, 3.05) is 5.33 Å². The second-order valence-electron chi connectivity index (χ2n) is 5.38. The maximum Gasteiger partial charge on any atom is 0.252 e. The molecule has 0 heterocycles. The molecule has 1 amide bonds. The van der Waals surface area contributed by atoms with Crippen molar-refractivity contribution < 1.29 is 9.90 Å². The topological polar surface area (TPSA) is 49.3 Å². The Hall–Kier alpha value is -1.03. The molecule has 0 radical (unpaired) electrons. The van der Waals surface area contributed by atoms with Crippen LogP contribution in [0.2, 0.25) is 0 Å². The number of nitrogens with one attached hydrogen (secondary N) is 1. The Labute approximate surface area is 122 Å². The fraction of sp³-hybridized carbons (Fsp3) is 0.533. The number of phenols is 1. The third-order valence-corrected chi connectivity index (χ3v) is 5.07. The fourth-order valence-electron chi connectivity index (χ4n) is 2.70. The van der Waals surface area contributed by atoms with Crippen LogP contribution in [-0.4, -0.2) is 21.9 Å². The summed E-state index contributed by atoms with van der Waals surface area (Å²) in [4.78, 5) is 12.4. The standard InChI is InChI=1S/C15H20BrNO2/c1-11-12(6-5-7-13(11)18)14(19)17-15(10-16)8-3-2-4-9-15/h5-7,18H,2-4,8-10H2,1H3,(H,17,19). The lowest BCUT2D eigenvalue weighted by molar-refractivity contribution is 0.0885. The van der Waals surface area contributed by atoms with Crippen molar-refractivity contribution >= 4 is 21.8 Å². The van der Waals surface area contributed by atoms with Crippen molar-refractivity contribution in [3.8, 4) is 5.75 Å². The van der Waals surface area contributed by atoms with Crippen molar-refractivity contribution in [3.05, 3.63) is 29.3 Å². The van der Waals surface area contributed by atoms with Gasteiger partial charge in [-0.15, -0.1) is 0 Å². The molecular formula is C15H20BrNO2. The van der Waals surface area contributed by atoms with E-state index >= 15 is 0 Å². The minimum Gasteiger partial charge on any atom is -0.508 e. The van der Waals surface area contributed by atoms with Crippen LogP contribution < -0.4 is 5.32 Å². The number of aromatic hydroxyl groups is 1. The summed E-state index contributed by atoms with van der Waals surface area (Å²) in [6.07, 6.45) is 5.59. The van der Waals surface area contributed by atoms with Crippen LogP contribution in [0.3, 0.4) is 0 Å². The molecule has 2 N–H and O–H groups in total. The van der Waals surface area contributed by atoms with Gasteiger partial charge in [0.1, 0.15) is 5.75 Å². The molecule has 1 fully saturated rings. The SMILES string of the molecule is Cc1c(O)cccc1C(=O)NC1(CBr)CCCCC1. The van der Waals surface area contributed by atoms with Crippen LogP contribution in [-0.2, 0) is 0 Å². The molecule has 1 saturated carbocycles. The largest absolute Gasteiger partial charge is 0.508 e. The predicted octanol–water partition coefficient (Wildman–Crippen LogP) is 3.53. The van der Waals surface area contributed by atoms with E-state index in [4.69, 9.17) is 0 Å². The molecule has 1 aliphatic carbocycles. The zero-order valence-corrected chi connectivity index (χ0v) is 12.8. The Balaban J connectivity index is 2.17. The van der Waals surface area contributed by atoms with Crippen LogP contribution >= 0.6 is 15.9 Å². The Morgan fingerprint density at radius 2 is 2.05 bits per heavy atom. The first-order chi connectivity index (χ1) is 9.08. The second kappa shape index (κ2) is 5.95. The first kappa shape index (κ1) is 14.4. The van der Waals surface area contributed by atoms with E-state index in [2.05, 4.69) is 21.2 Å². The number of carbonyl (C=O) groups is 1. The molecule has 4 heteroatoms. The molecule has 0 atom stereocenters.